The van der Waals surface area contributed by atoms with Gasteiger partial charge in [0.1, 0.15) is 0 Å². The van der Waals surface area contributed by atoms with Crippen molar-refractivity contribution < 1.29 is 4.74 Å². The van der Waals surface area contributed by atoms with Gasteiger partial charge in [0.15, 0.2) is 5.06 Å². The maximum Gasteiger partial charge on any atom is 0.175 e. The molecule has 2 rings (SSSR count). The molecule has 0 saturated heterocycles. The van der Waals surface area contributed by atoms with Gasteiger partial charge in [0, 0.05) is 12.4 Å². The molecule has 3 heteroatoms. The van der Waals surface area contributed by atoms with Crippen molar-refractivity contribution >= 4 is 21.4 Å². The van der Waals surface area contributed by atoms with E-state index >= 15 is 0 Å². The Kier molecular flexibility index (Phi) is 2.19. The van der Waals surface area contributed by atoms with Gasteiger partial charge in [0.2, 0.25) is 0 Å². The van der Waals surface area contributed by atoms with Gasteiger partial charge < -0.3 is 4.74 Å². The Morgan fingerprint density at radius 1 is 1.46 bits per heavy atom. The lowest BCUT2D eigenvalue weighted by atomic mass is 10.3. The third kappa shape index (κ3) is 1.80. The molecule has 0 atom stereocenters. The summed E-state index contributed by atoms with van der Waals surface area (Å²) in [5.41, 5.74) is 0. The van der Waals surface area contributed by atoms with Crippen LogP contribution in [0.5, 0.6) is 5.06 Å². The molecule has 0 aliphatic heterocycles. The third-order valence-electron chi connectivity index (χ3n) is 1.65. The molecule has 0 N–H and O–H groups in total. The maximum atomic E-state index is 5.59. The van der Waals surface area contributed by atoms with E-state index < -0.39 is 0 Å². The molecule has 0 aromatic carbocycles. The first-order chi connectivity index (χ1) is 6.25. The summed E-state index contributed by atoms with van der Waals surface area (Å²) >= 11 is 1.64. The molecule has 2 aromatic heterocycles. The van der Waals surface area contributed by atoms with E-state index in [0.717, 1.165) is 5.06 Å². The molecule has 0 spiro atoms. The minimum absolute atomic E-state index is 0.237. The monoisotopic (exact) mass is 193 g/mol. The topological polar surface area (TPSA) is 22.1 Å². The summed E-state index contributed by atoms with van der Waals surface area (Å²) in [5.74, 6) is 0. The molecule has 0 amide bonds. The highest BCUT2D eigenvalue weighted by Gasteiger charge is 2.03. The van der Waals surface area contributed by atoms with Crippen LogP contribution in [0.3, 0.4) is 0 Å². The van der Waals surface area contributed by atoms with Gasteiger partial charge in [-0.1, -0.05) is 11.3 Å². The minimum atomic E-state index is 0.237. The molecule has 2 nitrogen and oxygen atoms in total. The van der Waals surface area contributed by atoms with Crippen molar-refractivity contribution in [1.29, 1.82) is 0 Å². The van der Waals surface area contributed by atoms with Crippen molar-refractivity contribution in [1.82, 2.24) is 4.98 Å². The first-order valence-corrected chi connectivity index (χ1v) is 5.07. The quantitative estimate of drug-likeness (QED) is 0.731. The van der Waals surface area contributed by atoms with Gasteiger partial charge in [-0.05, 0) is 31.4 Å². The van der Waals surface area contributed by atoms with Crippen molar-refractivity contribution in [3.63, 3.8) is 0 Å². The van der Waals surface area contributed by atoms with E-state index in [4.69, 9.17) is 4.74 Å². The van der Waals surface area contributed by atoms with E-state index in [9.17, 15) is 0 Å². The molecule has 0 bridgehead atoms. The summed E-state index contributed by atoms with van der Waals surface area (Å²) in [6, 6.07) is 4.06. The second-order valence-corrected chi connectivity index (χ2v) is 4.19. The normalized spacial score (nSPS) is 11.0. The second kappa shape index (κ2) is 3.34. The molecule has 0 unspecified atom stereocenters. The summed E-state index contributed by atoms with van der Waals surface area (Å²) in [4.78, 5) is 4.06. The average molecular weight is 193 g/mol. The van der Waals surface area contributed by atoms with Gasteiger partial charge in [0.05, 0.1) is 10.8 Å². The standard InChI is InChI=1S/C10H11NOS/c1-7(2)12-10-5-8-3-4-11-6-9(8)13-10/h3-7H,1-2H3. The van der Waals surface area contributed by atoms with E-state index in [1.807, 2.05) is 26.1 Å². The van der Waals surface area contributed by atoms with Gasteiger partial charge in [0.25, 0.3) is 0 Å². The van der Waals surface area contributed by atoms with E-state index in [0.29, 0.717) is 0 Å². The molecular weight excluding hydrogens is 182 g/mol. The molecular formula is C10H11NOS. The van der Waals surface area contributed by atoms with E-state index in [1.165, 1.54) is 10.1 Å². The molecule has 0 aliphatic rings. The van der Waals surface area contributed by atoms with Crippen LogP contribution in [-0.2, 0) is 0 Å². The highest BCUT2D eigenvalue weighted by atomic mass is 32.1. The molecule has 0 radical (unpaired) electrons. The van der Waals surface area contributed by atoms with Gasteiger partial charge >= 0.3 is 0 Å². The maximum absolute atomic E-state index is 5.59. The lowest BCUT2D eigenvalue weighted by Gasteiger charge is -2.04. The summed E-state index contributed by atoms with van der Waals surface area (Å²) in [7, 11) is 0. The van der Waals surface area contributed by atoms with E-state index in [1.54, 1.807) is 17.5 Å². The van der Waals surface area contributed by atoms with Gasteiger partial charge in [-0.25, -0.2) is 0 Å². The van der Waals surface area contributed by atoms with Crippen LogP contribution in [0.1, 0.15) is 13.8 Å². The Labute approximate surface area is 81.2 Å². The summed E-state index contributed by atoms with van der Waals surface area (Å²) in [6.45, 7) is 4.06. The number of pyridine rings is 1. The zero-order chi connectivity index (χ0) is 9.26. The van der Waals surface area contributed by atoms with Crippen LogP contribution in [-0.4, -0.2) is 11.1 Å². The largest absolute Gasteiger partial charge is 0.481 e. The van der Waals surface area contributed by atoms with Gasteiger partial charge in [-0.2, -0.15) is 0 Å². The fourth-order valence-electron chi connectivity index (χ4n) is 1.15. The van der Waals surface area contributed by atoms with Crippen molar-refractivity contribution in [2.24, 2.45) is 0 Å². The molecule has 2 aromatic rings. The fourth-order valence-corrected chi connectivity index (χ4v) is 2.15. The van der Waals surface area contributed by atoms with Crippen molar-refractivity contribution in [2.45, 2.75) is 20.0 Å². The van der Waals surface area contributed by atoms with Crippen LogP contribution in [0.25, 0.3) is 10.1 Å². The van der Waals surface area contributed by atoms with Crippen LogP contribution < -0.4 is 4.74 Å². The highest BCUT2D eigenvalue weighted by Crippen LogP contribution is 2.31. The zero-order valence-corrected chi connectivity index (χ0v) is 8.47. The van der Waals surface area contributed by atoms with E-state index in [2.05, 4.69) is 11.1 Å². The molecule has 0 fully saturated rings. The smallest absolute Gasteiger partial charge is 0.175 e. The van der Waals surface area contributed by atoms with Crippen LogP contribution in [0.2, 0.25) is 0 Å². The Balaban J connectivity index is 2.38. The molecule has 68 valence electrons. The van der Waals surface area contributed by atoms with Crippen LogP contribution in [0.4, 0.5) is 0 Å². The summed E-state index contributed by atoms with van der Waals surface area (Å²) in [6.07, 6.45) is 3.91. The SMILES string of the molecule is CC(C)Oc1cc2ccncc2s1. The van der Waals surface area contributed by atoms with Crippen LogP contribution >= 0.6 is 11.3 Å². The first kappa shape index (κ1) is 8.51. The number of hydrogen-bond donors (Lipinski definition) is 0. The number of ether oxygens (including phenoxy) is 1. The number of aromatic nitrogens is 1. The van der Waals surface area contributed by atoms with Crippen LogP contribution in [0, 0.1) is 0 Å². The number of fused-ring (bicyclic) bond motifs is 1. The Hall–Kier alpha value is -1.09. The lowest BCUT2D eigenvalue weighted by molar-refractivity contribution is 0.250. The highest BCUT2D eigenvalue weighted by molar-refractivity contribution is 7.20. The number of hydrogen-bond acceptors (Lipinski definition) is 3. The molecule has 2 heterocycles. The Bertz CT molecular complexity index is 375. The van der Waals surface area contributed by atoms with Crippen molar-refractivity contribution in [3.05, 3.63) is 24.5 Å². The lowest BCUT2D eigenvalue weighted by Crippen LogP contribution is -2.03. The van der Waals surface area contributed by atoms with Crippen molar-refractivity contribution in [3.8, 4) is 5.06 Å². The Morgan fingerprint density at radius 3 is 3.00 bits per heavy atom. The molecule has 0 saturated carbocycles. The van der Waals surface area contributed by atoms with Gasteiger partial charge in [-0.3, -0.25) is 4.98 Å². The number of rotatable bonds is 2. The molecule has 13 heavy (non-hydrogen) atoms. The summed E-state index contributed by atoms with van der Waals surface area (Å²) < 4.78 is 6.77. The third-order valence-corrected chi connectivity index (χ3v) is 2.63. The zero-order valence-electron chi connectivity index (χ0n) is 7.65. The number of nitrogens with zero attached hydrogens (tertiary/aromatic N) is 1. The first-order valence-electron chi connectivity index (χ1n) is 4.26. The van der Waals surface area contributed by atoms with Crippen LogP contribution in [0.15, 0.2) is 24.5 Å². The van der Waals surface area contributed by atoms with Crippen molar-refractivity contribution in [2.75, 3.05) is 0 Å². The predicted molar refractivity (Wildman–Crippen MR) is 55.4 cm³/mol. The fraction of sp³-hybridized carbons (Fsp3) is 0.300. The number of thiophene rings is 1. The summed E-state index contributed by atoms with van der Waals surface area (Å²) in [5, 5.41) is 2.17. The average Bonchev–Trinajstić information content (AvgIpc) is 2.44. The minimum Gasteiger partial charge on any atom is -0.481 e. The Morgan fingerprint density at radius 2 is 2.31 bits per heavy atom. The predicted octanol–water partition coefficient (Wildman–Crippen LogP) is 3.08. The van der Waals surface area contributed by atoms with E-state index in [-0.39, 0.29) is 6.10 Å². The molecule has 0 aliphatic carbocycles. The second-order valence-electron chi connectivity index (χ2n) is 3.15. The van der Waals surface area contributed by atoms with Gasteiger partial charge in [-0.15, -0.1) is 0 Å².